The summed E-state index contributed by atoms with van der Waals surface area (Å²) >= 11 is 1.48. The molecule has 1 N–H and O–H groups in total. The van der Waals surface area contributed by atoms with Gasteiger partial charge in [-0.2, -0.15) is 0 Å². The van der Waals surface area contributed by atoms with Crippen LogP contribution in [0.4, 0.5) is 5.69 Å². The molecule has 1 atom stereocenters. The minimum atomic E-state index is -0.626. The van der Waals surface area contributed by atoms with Crippen LogP contribution < -0.4 is 9.64 Å². The van der Waals surface area contributed by atoms with Crippen LogP contribution in [0.25, 0.3) is 5.76 Å². The number of ketones is 1. The van der Waals surface area contributed by atoms with Crippen molar-refractivity contribution in [1.29, 1.82) is 0 Å². The number of carbonyl (C=O) groups excluding carboxylic acids is 2. The topological polar surface area (TPSA) is 70.1 Å². The molecule has 0 saturated carbocycles. The molecule has 2 aliphatic heterocycles. The van der Waals surface area contributed by atoms with Gasteiger partial charge in [0.15, 0.2) is 0 Å². The van der Waals surface area contributed by atoms with E-state index in [9.17, 15) is 14.7 Å². The highest BCUT2D eigenvalue weighted by Gasteiger charge is 2.46. The maximum Gasteiger partial charge on any atom is 0.295 e. The number of Topliss-reactive ketones (excluding diaryl/α,β-unsaturated/α-hetero) is 1. The quantitative estimate of drug-likeness (QED) is 0.460. The van der Waals surface area contributed by atoms with Crippen molar-refractivity contribution in [2.75, 3.05) is 31.6 Å². The fourth-order valence-electron chi connectivity index (χ4n) is 3.84. The van der Waals surface area contributed by atoms with Crippen LogP contribution in [0.2, 0.25) is 0 Å². The molecule has 2 aromatic rings. The number of hydrogen-bond donors (Lipinski definition) is 1. The lowest BCUT2D eigenvalue weighted by atomic mass is 9.99. The number of carbonyl (C=O) groups is 2. The van der Waals surface area contributed by atoms with Gasteiger partial charge in [0.25, 0.3) is 11.7 Å². The predicted octanol–water partition coefficient (Wildman–Crippen LogP) is 3.80. The molecule has 152 valence electrons. The first-order valence-corrected chi connectivity index (χ1v) is 10.7. The smallest absolute Gasteiger partial charge is 0.295 e. The van der Waals surface area contributed by atoms with E-state index in [1.54, 1.807) is 17.0 Å². The monoisotopic (exact) mass is 412 g/mol. The van der Waals surface area contributed by atoms with Gasteiger partial charge in [0.2, 0.25) is 0 Å². The van der Waals surface area contributed by atoms with Gasteiger partial charge in [-0.1, -0.05) is 19.4 Å². The van der Waals surface area contributed by atoms with Crippen LogP contribution in [0, 0.1) is 0 Å². The Bertz CT molecular complexity index is 967. The summed E-state index contributed by atoms with van der Waals surface area (Å²) in [4.78, 5) is 30.2. The Morgan fingerprint density at radius 1 is 1.31 bits per heavy atom. The molecule has 1 aromatic carbocycles. The van der Waals surface area contributed by atoms with E-state index in [2.05, 4.69) is 0 Å². The zero-order valence-corrected chi connectivity index (χ0v) is 17.4. The lowest BCUT2D eigenvalue weighted by Gasteiger charge is -2.28. The molecule has 1 unspecified atom stereocenters. The van der Waals surface area contributed by atoms with E-state index >= 15 is 0 Å². The van der Waals surface area contributed by atoms with Crippen molar-refractivity contribution in [1.82, 2.24) is 4.90 Å². The van der Waals surface area contributed by atoms with Gasteiger partial charge < -0.3 is 19.6 Å². The van der Waals surface area contributed by atoms with Crippen molar-refractivity contribution in [2.45, 2.75) is 25.8 Å². The number of likely N-dealkylation sites (tertiary alicyclic amines) is 1. The summed E-state index contributed by atoms with van der Waals surface area (Å²) in [6.07, 6.45) is 1.72. The number of benzene rings is 1. The normalized spacial score (nSPS) is 20.7. The Kier molecular flexibility index (Phi) is 5.32. The average molecular weight is 413 g/mol. The second-order valence-corrected chi connectivity index (χ2v) is 8.29. The number of fused-ring (bicyclic) bond motifs is 1. The third kappa shape index (κ3) is 3.40. The number of rotatable bonds is 5. The van der Waals surface area contributed by atoms with E-state index in [0.717, 1.165) is 35.7 Å². The molecular formula is C22H24N2O4S. The van der Waals surface area contributed by atoms with E-state index in [-0.39, 0.29) is 11.3 Å². The molecule has 2 aliphatic rings. The van der Waals surface area contributed by atoms with Crippen LogP contribution in [0.1, 0.15) is 36.2 Å². The molecule has 29 heavy (non-hydrogen) atoms. The van der Waals surface area contributed by atoms with E-state index in [0.29, 0.717) is 18.7 Å². The Balaban J connectivity index is 1.82. The zero-order chi connectivity index (χ0) is 20.5. The average Bonchev–Trinajstić information content (AvgIpc) is 3.34. The second kappa shape index (κ2) is 7.91. The van der Waals surface area contributed by atoms with Crippen molar-refractivity contribution in [3.63, 3.8) is 0 Å². The van der Waals surface area contributed by atoms with Crippen LogP contribution in [-0.2, 0) is 9.59 Å². The minimum Gasteiger partial charge on any atom is -0.507 e. The highest BCUT2D eigenvalue weighted by atomic mass is 32.1. The Morgan fingerprint density at radius 3 is 2.86 bits per heavy atom. The fourth-order valence-corrected chi connectivity index (χ4v) is 4.68. The summed E-state index contributed by atoms with van der Waals surface area (Å²) in [6.45, 7) is 3.88. The van der Waals surface area contributed by atoms with E-state index < -0.39 is 17.7 Å². The summed E-state index contributed by atoms with van der Waals surface area (Å²) in [5.41, 5.74) is 1.53. The molecule has 1 fully saturated rings. The number of anilines is 1. The maximum atomic E-state index is 12.9. The Morgan fingerprint density at radius 2 is 2.14 bits per heavy atom. The molecule has 0 radical (unpaired) electrons. The number of aliphatic hydroxyl groups excluding tert-OH is 1. The largest absolute Gasteiger partial charge is 0.507 e. The molecule has 3 heterocycles. The highest BCUT2D eigenvalue weighted by molar-refractivity contribution is 7.10. The summed E-state index contributed by atoms with van der Waals surface area (Å²) in [5.74, 6) is -0.563. The number of unbranched alkanes of at least 4 members (excludes halogenated alkanes) is 1. The summed E-state index contributed by atoms with van der Waals surface area (Å²) in [7, 11) is 1.96. The first-order chi connectivity index (χ1) is 14.0. The summed E-state index contributed by atoms with van der Waals surface area (Å²) < 4.78 is 5.67. The summed E-state index contributed by atoms with van der Waals surface area (Å²) in [5, 5.41) is 13.1. The number of thiophene rings is 1. The molecular weight excluding hydrogens is 388 g/mol. The molecule has 0 spiro atoms. The molecule has 6 nitrogen and oxygen atoms in total. The van der Waals surface area contributed by atoms with Crippen LogP contribution in [0.3, 0.4) is 0 Å². The van der Waals surface area contributed by atoms with Crippen LogP contribution >= 0.6 is 11.3 Å². The van der Waals surface area contributed by atoms with Crippen LogP contribution in [0.5, 0.6) is 5.75 Å². The first kappa shape index (κ1) is 19.5. The van der Waals surface area contributed by atoms with Gasteiger partial charge in [-0.25, -0.2) is 0 Å². The lowest BCUT2D eigenvalue weighted by Crippen LogP contribution is -2.30. The van der Waals surface area contributed by atoms with Gasteiger partial charge in [-0.05, 0) is 36.1 Å². The third-order valence-electron chi connectivity index (χ3n) is 5.43. The minimum absolute atomic E-state index is 0.137. The molecule has 4 rings (SSSR count). The van der Waals surface area contributed by atoms with E-state index in [1.807, 2.05) is 42.5 Å². The Hall–Kier alpha value is -2.80. The molecule has 1 saturated heterocycles. The number of hydrogen-bond acceptors (Lipinski definition) is 6. The molecule has 0 bridgehead atoms. The number of ether oxygens (including phenoxy) is 1. The molecule has 1 amide bonds. The van der Waals surface area contributed by atoms with Crippen LogP contribution in [0.15, 0.2) is 41.3 Å². The molecule has 0 aliphatic carbocycles. The number of nitrogens with zero attached hydrogens (tertiary/aromatic N) is 2. The van der Waals surface area contributed by atoms with Gasteiger partial charge in [-0.15, -0.1) is 11.3 Å². The van der Waals surface area contributed by atoms with Crippen molar-refractivity contribution >= 4 is 34.5 Å². The molecule has 1 aromatic heterocycles. The Labute approximate surface area is 174 Å². The number of likely N-dealkylation sites (N-methyl/N-ethyl adjacent to an activating group) is 1. The van der Waals surface area contributed by atoms with Gasteiger partial charge in [0, 0.05) is 24.0 Å². The first-order valence-electron chi connectivity index (χ1n) is 9.83. The van der Waals surface area contributed by atoms with Gasteiger partial charge in [0.1, 0.15) is 18.1 Å². The molecule has 7 heteroatoms. The van der Waals surface area contributed by atoms with Crippen molar-refractivity contribution in [3.05, 3.63) is 51.7 Å². The standard InChI is InChI=1S/C22H24N2O4S/c1-3-4-9-24-19(17-6-5-12-29-17)18(21(26)22(24)27)20(25)14-7-8-16-15(13-14)23(2)10-11-28-16/h5-8,12-13,19,25H,3-4,9-11H2,1-2H3/b20-18-. The van der Waals surface area contributed by atoms with Crippen molar-refractivity contribution in [2.24, 2.45) is 0 Å². The fraction of sp³-hybridized carbons (Fsp3) is 0.364. The summed E-state index contributed by atoms with van der Waals surface area (Å²) in [6, 6.07) is 8.60. The van der Waals surface area contributed by atoms with Gasteiger partial charge in [0.05, 0.1) is 23.8 Å². The van der Waals surface area contributed by atoms with Crippen LogP contribution in [-0.4, -0.2) is 48.4 Å². The highest BCUT2D eigenvalue weighted by Crippen LogP contribution is 2.42. The number of amides is 1. The SMILES string of the molecule is CCCCN1C(=O)C(=O)/C(=C(\O)c2ccc3c(c2)N(C)CCO3)C1c1cccs1. The lowest BCUT2D eigenvalue weighted by molar-refractivity contribution is -0.139. The predicted molar refractivity (Wildman–Crippen MR) is 113 cm³/mol. The third-order valence-corrected chi connectivity index (χ3v) is 6.36. The number of aliphatic hydroxyl groups is 1. The van der Waals surface area contributed by atoms with Gasteiger partial charge >= 0.3 is 0 Å². The second-order valence-electron chi connectivity index (χ2n) is 7.31. The van der Waals surface area contributed by atoms with Crippen molar-refractivity contribution < 1.29 is 19.4 Å². The van der Waals surface area contributed by atoms with Gasteiger partial charge in [-0.3, -0.25) is 9.59 Å². The van der Waals surface area contributed by atoms with E-state index in [4.69, 9.17) is 4.74 Å². The zero-order valence-electron chi connectivity index (χ0n) is 16.6. The van der Waals surface area contributed by atoms with E-state index in [1.165, 1.54) is 11.3 Å². The van der Waals surface area contributed by atoms with Crippen molar-refractivity contribution in [3.8, 4) is 5.75 Å². The maximum absolute atomic E-state index is 12.9.